The summed E-state index contributed by atoms with van der Waals surface area (Å²) in [5.41, 5.74) is 4.57. The Hall–Kier alpha value is -0.823. The van der Waals surface area contributed by atoms with E-state index in [1.54, 1.807) is 10.8 Å². The molecule has 2 rings (SSSR count). The van der Waals surface area contributed by atoms with Crippen LogP contribution in [0.15, 0.2) is 29.5 Å². The van der Waals surface area contributed by atoms with Crippen molar-refractivity contribution in [3.05, 3.63) is 40.6 Å². The molecule has 1 aromatic rings. The highest BCUT2D eigenvalue weighted by Gasteiger charge is 2.26. The van der Waals surface area contributed by atoms with Crippen molar-refractivity contribution in [2.45, 2.75) is 32.9 Å². The van der Waals surface area contributed by atoms with Crippen molar-refractivity contribution in [1.29, 1.82) is 0 Å². The number of fused-ring (bicyclic) bond motifs is 1. The van der Waals surface area contributed by atoms with Crippen molar-refractivity contribution in [2.75, 3.05) is 0 Å². The standard InChI is InChI=1S/C13H17Si/c1-9-11-7-5-6-8-12(11)10(2)13(9)14(3)4/h5-9H,1-4H3. The second-order valence-corrected chi connectivity index (χ2v) is 6.89. The first-order chi connectivity index (χ1) is 6.63. The summed E-state index contributed by atoms with van der Waals surface area (Å²) in [6, 6.07) is 8.85. The lowest BCUT2D eigenvalue weighted by molar-refractivity contribution is 0.964. The number of allylic oxidation sites excluding steroid dienone is 2. The van der Waals surface area contributed by atoms with Crippen LogP contribution in [0.25, 0.3) is 5.57 Å². The molecule has 1 aliphatic carbocycles. The van der Waals surface area contributed by atoms with Crippen LogP contribution in [0.5, 0.6) is 0 Å². The first-order valence-electron chi connectivity index (χ1n) is 5.23. The smallest absolute Gasteiger partial charge is 0.0726 e. The van der Waals surface area contributed by atoms with E-state index in [0.717, 1.165) is 0 Å². The normalized spacial score (nSPS) is 20.5. The largest absolute Gasteiger partial charge is 0.0748 e. The van der Waals surface area contributed by atoms with E-state index in [4.69, 9.17) is 0 Å². The molecule has 0 aromatic heterocycles. The molecule has 0 heterocycles. The predicted octanol–water partition coefficient (Wildman–Crippen LogP) is 3.87. The maximum absolute atomic E-state index is 2.39. The molecule has 0 saturated carbocycles. The third kappa shape index (κ3) is 1.27. The molecule has 0 nitrogen and oxygen atoms in total. The van der Waals surface area contributed by atoms with Gasteiger partial charge in [-0.3, -0.25) is 0 Å². The first kappa shape index (κ1) is 9.72. The monoisotopic (exact) mass is 201 g/mol. The Balaban J connectivity index is 2.57. The molecule has 1 aromatic carbocycles. The fourth-order valence-corrected chi connectivity index (χ4v) is 4.56. The molecule has 0 N–H and O–H groups in total. The number of benzene rings is 1. The van der Waals surface area contributed by atoms with Crippen molar-refractivity contribution in [2.24, 2.45) is 0 Å². The summed E-state index contributed by atoms with van der Waals surface area (Å²) in [4.78, 5) is 0. The van der Waals surface area contributed by atoms with Gasteiger partial charge in [0.05, 0.1) is 8.80 Å². The molecule has 1 heteroatoms. The minimum atomic E-state index is -0.296. The third-order valence-electron chi connectivity index (χ3n) is 3.21. The lowest BCUT2D eigenvalue weighted by atomic mass is 10.0. The Morgan fingerprint density at radius 2 is 1.79 bits per heavy atom. The van der Waals surface area contributed by atoms with E-state index in [9.17, 15) is 0 Å². The zero-order valence-electron chi connectivity index (χ0n) is 9.39. The quantitative estimate of drug-likeness (QED) is 0.605. The molecule has 0 fully saturated rings. The van der Waals surface area contributed by atoms with E-state index in [-0.39, 0.29) is 8.80 Å². The van der Waals surface area contributed by atoms with E-state index >= 15 is 0 Å². The van der Waals surface area contributed by atoms with Crippen molar-refractivity contribution >= 4 is 14.4 Å². The molecule has 0 amide bonds. The molecule has 1 radical (unpaired) electrons. The van der Waals surface area contributed by atoms with Crippen LogP contribution in [0.4, 0.5) is 0 Å². The first-order valence-corrected chi connectivity index (χ1v) is 7.73. The number of rotatable bonds is 1. The topological polar surface area (TPSA) is 0 Å². The fraction of sp³-hybridized carbons (Fsp3) is 0.385. The zero-order chi connectivity index (χ0) is 10.3. The average Bonchev–Trinajstić information content (AvgIpc) is 2.41. The molecule has 0 spiro atoms. The van der Waals surface area contributed by atoms with Crippen molar-refractivity contribution < 1.29 is 0 Å². The minimum Gasteiger partial charge on any atom is -0.0726 e. The Kier molecular flexibility index (Phi) is 2.36. The summed E-state index contributed by atoms with van der Waals surface area (Å²) in [7, 11) is -0.296. The minimum absolute atomic E-state index is 0.296. The lowest BCUT2D eigenvalue weighted by Crippen LogP contribution is -2.09. The van der Waals surface area contributed by atoms with Gasteiger partial charge in [-0.25, -0.2) is 0 Å². The molecule has 73 valence electrons. The summed E-state index contributed by atoms with van der Waals surface area (Å²) in [5, 5.41) is 1.72. The number of hydrogen-bond donors (Lipinski definition) is 0. The third-order valence-corrected chi connectivity index (χ3v) is 5.09. The Morgan fingerprint density at radius 1 is 1.14 bits per heavy atom. The van der Waals surface area contributed by atoms with Gasteiger partial charge < -0.3 is 0 Å². The van der Waals surface area contributed by atoms with Gasteiger partial charge in [0.25, 0.3) is 0 Å². The molecule has 1 aliphatic rings. The van der Waals surface area contributed by atoms with Gasteiger partial charge in [-0.1, -0.05) is 49.5 Å². The predicted molar refractivity (Wildman–Crippen MR) is 64.9 cm³/mol. The molecule has 0 saturated heterocycles. The van der Waals surface area contributed by atoms with Crippen LogP contribution in [0.1, 0.15) is 30.9 Å². The molecule has 1 unspecified atom stereocenters. The van der Waals surface area contributed by atoms with Crippen molar-refractivity contribution in [3.63, 3.8) is 0 Å². The van der Waals surface area contributed by atoms with Crippen molar-refractivity contribution in [1.82, 2.24) is 0 Å². The van der Waals surface area contributed by atoms with Crippen molar-refractivity contribution in [3.8, 4) is 0 Å². The van der Waals surface area contributed by atoms with E-state index < -0.39 is 0 Å². The van der Waals surface area contributed by atoms with Gasteiger partial charge in [-0.2, -0.15) is 0 Å². The Bertz CT molecular complexity index is 388. The second kappa shape index (κ2) is 3.39. The van der Waals surface area contributed by atoms with Crippen LogP contribution < -0.4 is 0 Å². The van der Waals surface area contributed by atoms with E-state index in [0.29, 0.717) is 5.92 Å². The van der Waals surface area contributed by atoms with Gasteiger partial charge in [0, 0.05) is 0 Å². The molecular weight excluding hydrogens is 184 g/mol. The zero-order valence-corrected chi connectivity index (χ0v) is 10.4. The summed E-state index contributed by atoms with van der Waals surface area (Å²) >= 11 is 0. The van der Waals surface area contributed by atoms with Crippen LogP contribution >= 0.6 is 0 Å². The van der Waals surface area contributed by atoms with Gasteiger partial charge in [0.15, 0.2) is 0 Å². The maximum atomic E-state index is 2.39. The molecule has 1 atom stereocenters. The summed E-state index contributed by atoms with van der Waals surface area (Å²) < 4.78 is 0. The molecule has 0 bridgehead atoms. The highest BCUT2D eigenvalue weighted by molar-refractivity contribution is 6.66. The number of hydrogen-bond acceptors (Lipinski definition) is 0. The summed E-state index contributed by atoms with van der Waals surface area (Å²) in [6.07, 6.45) is 0. The molecule has 0 aliphatic heterocycles. The highest BCUT2D eigenvalue weighted by atomic mass is 28.3. The fourth-order valence-electron chi connectivity index (χ4n) is 2.65. The van der Waals surface area contributed by atoms with Gasteiger partial charge in [-0.05, 0) is 29.5 Å². The van der Waals surface area contributed by atoms with E-state index in [2.05, 4.69) is 51.2 Å². The van der Waals surface area contributed by atoms with Crippen LogP contribution in [0.3, 0.4) is 0 Å². The molecular formula is C13H17Si. The van der Waals surface area contributed by atoms with Gasteiger partial charge in [-0.15, -0.1) is 0 Å². The van der Waals surface area contributed by atoms with Gasteiger partial charge >= 0.3 is 0 Å². The summed E-state index contributed by atoms with van der Waals surface area (Å²) in [5.74, 6) is 0.662. The molecule has 14 heavy (non-hydrogen) atoms. The van der Waals surface area contributed by atoms with Gasteiger partial charge in [0.2, 0.25) is 0 Å². The Labute approximate surface area is 88.3 Å². The van der Waals surface area contributed by atoms with Gasteiger partial charge in [0.1, 0.15) is 0 Å². The van der Waals surface area contributed by atoms with E-state index in [1.165, 1.54) is 11.1 Å². The van der Waals surface area contributed by atoms with Crippen LogP contribution in [-0.2, 0) is 0 Å². The second-order valence-electron chi connectivity index (χ2n) is 4.35. The highest BCUT2D eigenvalue weighted by Crippen LogP contribution is 2.42. The van der Waals surface area contributed by atoms with Crippen LogP contribution in [0.2, 0.25) is 13.1 Å². The summed E-state index contributed by atoms with van der Waals surface area (Å²) in [6.45, 7) is 9.43. The van der Waals surface area contributed by atoms with Crippen LogP contribution in [-0.4, -0.2) is 8.80 Å². The maximum Gasteiger partial charge on any atom is 0.0748 e. The Morgan fingerprint density at radius 3 is 2.36 bits per heavy atom. The van der Waals surface area contributed by atoms with Crippen LogP contribution in [0, 0.1) is 0 Å². The lowest BCUT2D eigenvalue weighted by Gasteiger charge is -2.13. The SMILES string of the molecule is CC1=C([Si](C)C)C(C)c2ccccc21. The van der Waals surface area contributed by atoms with E-state index in [1.807, 2.05) is 0 Å². The average molecular weight is 201 g/mol.